The molecule has 1 aromatic rings. The smallest absolute Gasteiger partial charge is 0.154 e. The second-order valence-corrected chi connectivity index (χ2v) is 4.10. The first kappa shape index (κ1) is 10.9. The highest BCUT2D eigenvalue weighted by atomic mass is 32.1. The standard InChI is InChI=1S/C9H13N3OS/c1-5(10)7(13)4-8-6(9(11)12)2-3-14-8/h2-3,5H,4,10H2,1H3,(H3,11,12)/t5-/m0/s1. The molecule has 0 saturated heterocycles. The number of rotatable bonds is 4. The molecule has 5 heteroatoms. The van der Waals surface area contributed by atoms with Crippen molar-refractivity contribution in [3.63, 3.8) is 0 Å². The monoisotopic (exact) mass is 211 g/mol. The fourth-order valence-electron chi connectivity index (χ4n) is 1.04. The third kappa shape index (κ3) is 2.40. The highest BCUT2D eigenvalue weighted by Crippen LogP contribution is 2.17. The lowest BCUT2D eigenvalue weighted by Gasteiger charge is -2.04. The van der Waals surface area contributed by atoms with Crippen molar-refractivity contribution in [2.75, 3.05) is 0 Å². The number of nitrogens with two attached hydrogens (primary N) is 2. The maximum Gasteiger partial charge on any atom is 0.154 e. The SMILES string of the molecule is C[C@H](N)C(=O)Cc1sccc1C(=N)N. The lowest BCUT2D eigenvalue weighted by Crippen LogP contribution is -2.28. The molecule has 0 aliphatic rings. The lowest BCUT2D eigenvalue weighted by molar-refractivity contribution is -0.119. The number of carbonyl (C=O) groups excluding carboxylic acids is 1. The van der Waals surface area contributed by atoms with Crippen molar-refractivity contribution >= 4 is 23.0 Å². The Morgan fingerprint density at radius 2 is 2.36 bits per heavy atom. The van der Waals surface area contributed by atoms with E-state index in [0.29, 0.717) is 5.56 Å². The first-order valence-electron chi connectivity index (χ1n) is 4.21. The molecule has 1 heterocycles. The molecule has 0 spiro atoms. The molecule has 0 bridgehead atoms. The summed E-state index contributed by atoms with van der Waals surface area (Å²) >= 11 is 1.43. The first-order chi connectivity index (χ1) is 6.52. The van der Waals surface area contributed by atoms with Crippen LogP contribution in [0.2, 0.25) is 0 Å². The number of nitrogen functional groups attached to an aromatic ring is 1. The summed E-state index contributed by atoms with van der Waals surface area (Å²) in [6.07, 6.45) is 0.268. The van der Waals surface area contributed by atoms with Crippen LogP contribution in [0.25, 0.3) is 0 Å². The Balaban J connectivity index is 2.82. The molecule has 0 fully saturated rings. The van der Waals surface area contributed by atoms with Crippen LogP contribution < -0.4 is 11.5 Å². The molecular formula is C9H13N3OS. The van der Waals surface area contributed by atoms with Gasteiger partial charge in [0.1, 0.15) is 5.84 Å². The molecule has 0 saturated carbocycles. The van der Waals surface area contributed by atoms with Crippen LogP contribution >= 0.6 is 11.3 Å². The van der Waals surface area contributed by atoms with Gasteiger partial charge in [0.15, 0.2) is 5.78 Å². The Labute approximate surface area is 86.4 Å². The maximum absolute atomic E-state index is 11.4. The first-order valence-corrected chi connectivity index (χ1v) is 5.09. The molecule has 0 aliphatic carbocycles. The van der Waals surface area contributed by atoms with Crippen LogP contribution in [0.4, 0.5) is 0 Å². The number of Topliss-reactive ketones (excluding diaryl/α,β-unsaturated/α-hetero) is 1. The number of hydrogen-bond donors (Lipinski definition) is 3. The number of carbonyl (C=O) groups is 1. The van der Waals surface area contributed by atoms with Crippen LogP contribution in [0.5, 0.6) is 0 Å². The topological polar surface area (TPSA) is 93.0 Å². The Morgan fingerprint density at radius 1 is 1.71 bits per heavy atom. The van der Waals surface area contributed by atoms with Crippen LogP contribution in [0, 0.1) is 5.41 Å². The van der Waals surface area contributed by atoms with Gasteiger partial charge in [0.2, 0.25) is 0 Å². The summed E-state index contributed by atoms with van der Waals surface area (Å²) in [5.74, 6) is -0.0336. The highest BCUT2D eigenvalue weighted by molar-refractivity contribution is 7.10. The number of amidine groups is 1. The van der Waals surface area contributed by atoms with E-state index >= 15 is 0 Å². The van der Waals surface area contributed by atoms with E-state index in [0.717, 1.165) is 4.88 Å². The summed E-state index contributed by atoms with van der Waals surface area (Å²) in [6.45, 7) is 1.66. The van der Waals surface area contributed by atoms with Crippen LogP contribution in [0.15, 0.2) is 11.4 Å². The zero-order valence-corrected chi connectivity index (χ0v) is 8.73. The van der Waals surface area contributed by atoms with E-state index in [2.05, 4.69) is 0 Å². The third-order valence-electron chi connectivity index (χ3n) is 1.88. The zero-order chi connectivity index (χ0) is 10.7. The van der Waals surface area contributed by atoms with Crippen LogP contribution in [0.1, 0.15) is 17.4 Å². The molecule has 0 radical (unpaired) electrons. The number of nitrogens with one attached hydrogen (secondary N) is 1. The van der Waals surface area contributed by atoms with E-state index in [4.69, 9.17) is 16.9 Å². The van der Waals surface area contributed by atoms with Gasteiger partial charge in [-0.05, 0) is 18.4 Å². The second-order valence-electron chi connectivity index (χ2n) is 3.10. The van der Waals surface area contributed by atoms with E-state index in [1.54, 1.807) is 13.0 Å². The molecule has 0 aliphatic heterocycles. The van der Waals surface area contributed by atoms with Crippen LogP contribution in [-0.4, -0.2) is 17.7 Å². The van der Waals surface area contributed by atoms with Crippen molar-refractivity contribution in [1.82, 2.24) is 0 Å². The molecule has 0 aromatic carbocycles. The fraction of sp³-hybridized carbons (Fsp3) is 0.333. The Kier molecular flexibility index (Phi) is 3.38. The summed E-state index contributed by atoms with van der Waals surface area (Å²) in [5.41, 5.74) is 11.4. The minimum atomic E-state index is -0.461. The molecule has 1 atom stereocenters. The predicted molar refractivity (Wildman–Crippen MR) is 57.7 cm³/mol. The normalized spacial score (nSPS) is 12.4. The molecule has 5 N–H and O–H groups in total. The van der Waals surface area contributed by atoms with Crippen molar-refractivity contribution < 1.29 is 4.79 Å². The van der Waals surface area contributed by atoms with Crippen molar-refractivity contribution in [1.29, 1.82) is 5.41 Å². The second kappa shape index (κ2) is 4.34. The van der Waals surface area contributed by atoms with Crippen LogP contribution in [-0.2, 0) is 11.2 Å². The molecular weight excluding hydrogens is 198 g/mol. The van der Waals surface area contributed by atoms with Crippen molar-refractivity contribution in [2.24, 2.45) is 11.5 Å². The van der Waals surface area contributed by atoms with Crippen LogP contribution in [0.3, 0.4) is 0 Å². The van der Waals surface area contributed by atoms with E-state index < -0.39 is 6.04 Å². The molecule has 0 amide bonds. The number of thiophene rings is 1. The predicted octanol–water partition coefficient (Wildman–Crippen LogP) is 0.491. The molecule has 0 unspecified atom stereocenters. The number of ketones is 1. The van der Waals surface area contributed by atoms with Gasteiger partial charge < -0.3 is 11.5 Å². The van der Waals surface area contributed by atoms with E-state index in [1.807, 2.05) is 5.38 Å². The summed E-state index contributed by atoms with van der Waals surface area (Å²) in [6, 6.07) is 1.29. The molecule has 4 nitrogen and oxygen atoms in total. The summed E-state index contributed by atoms with van der Waals surface area (Å²) in [7, 11) is 0. The van der Waals surface area contributed by atoms with Gasteiger partial charge >= 0.3 is 0 Å². The van der Waals surface area contributed by atoms with Gasteiger partial charge in [-0.25, -0.2) is 0 Å². The Morgan fingerprint density at radius 3 is 2.86 bits per heavy atom. The summed E-state index contributed by atoms with van der Waals surface area (Å²) in [4.78, 5) is 12.2. The molecule has 1 rings (SSSR count). The van der Waals surface area contributed by atoms with Gasteiger partial charge in [-0.15, -0.1) is 11.3 Å². The summed E-state index contributed by atoms with van der Waals surface area (Å²) in [5, 5.41) is 9.11. The van der Waals surface area contributed by atoms with Crippen molar-refractivity contribution in [3.05, 3.63) is 21.9 Å². The minimum Gasteiger partial charge on any atom is -0.384 e. The van der Waals surface area contributed by atoms with Gasteiger partial charge in [-0.2, -0.15) is 0 Å². The number of hydrogen-bond acceptors (Lipinski definition) is 4. The van der Waals surface area contributed by atoms with Gasteiger partial charge in [0.05, 0.1) is 6.04 Å². The maximum atomic E-state index is 11.4. The zero-order valence-electron chi connectivity index (χ0n) is 7.91. The van der Waals surface area contributed by atoms with Crippen molar-refractivity contribution in [2.45, 2.75) is 19.4 Å². The van der Waals surface area contributed by atoms with Gasteiger partial charge in [0.25, 0.3) is 0 Å². The van der Waals surface area contributed by atoms with Gasteiger partial charge in [-0.1, -0.05) is 0 Å². The van der Waals surface area contributed by atoms with Gasteiger partial charge in [0, 0.05) is 16.9 Å². The fourth-order valence-corrected chi connectivity index (χ4v) is 1.94. The lowest BCUT2D eigenvalue weighted by atomic mass is 10.1. The summed E-state index contributed by atoms with van der Waals surface area (Å²) < 4.78 is 0. The average Bonchev–Trinajstić information content (AvgIpc) is 2.52. The van der Waals surface area contributed by atoms with E-state index in [-0.39, 0.29) is 18.0 Å². The minimum absolute atomic E-state index is 0.00118. The third-order valence-corrected chi connectivity index (χ3v) is 2.80. The highest BCUT2D eigenvalue weighted by Gasteiger charge is 2.13. The largest absolute Gasteiger partial charge is 0.384 e. The Bertz CT molecular complexity index is 357. The molecule has 76 valence electrons. The van der Waals surface area contributed by atoms with E-state index in [1.165, 1.54) is 11.3 Å². The van der Waals surface area contributed by atoms with Gasteiger partial charge in [-0.3, -0.25) is 10.2 Å². The average molecular weight is 211 g/mol. The Hall–Kier alpha value is -1.20. The van der Waals surface area contributed by atoms with Crippen molar-refractivity contribution in [3.8, 4) is 0 Å². The molecule has 1 aromatic heterocycles. The molecule has 14 heavy (non-hydrogen) atoms. The quantitative estimate of drug-likeness (QED) is 0.500. The van der Waals surface area contributed by atoms with E-state index in [9.17, 15) is 4.79 Å².